The summed E-state index contributed by atoms with van der Waals surface area (Å²) in [6.45, 7) is 1.37. The molecule has 0 saturated heterocycles. The Bertz CT molecular complexity index is 762. The number of nitrogens with zero attached hydrogens (tertiary/aromatic N) is 2. The van der Waals surface area contributed by atoms with Gasteiger partial charge in [0.15, 0.2) is 0 Å². The molecule has 0 radical (unpaired) electrons. The molecule has 1 aromatic carbocycles. The van der Waals surface area contributed by atoms with Gasteiger partial charge in [0.1, 0.15) is 5.82 Å². The van der Waals surface area contributed by atoms with E-state index >= 15 is 0 Å². The number of hydrogen-bond acceptors (Lipinski definition) is 5. The van der Waals surface area contributed by atoms with Gasteiger partial charge in [-0.05, 0) is 41.9 Å². The Kier molecular flexibility index (Phi) is 4.39. The average molecular weight is 327 g/mol. The zero-order chi connectivity index (χ0) is 15.5. The van der Waals surface area contributed by atoms with Crippen molar-refractivity contribution in [3.05, 3.63) is 41.8 Å². The van der Waals surface area contributed by atoms with Crippen LogP contribution >= 0.6 is 11.6 Å². The fraction of sp³-hybridized carbons (Fsp3) is 0.0833. The first-order valence-electron chi connectivity index (χ1n) is 5.76. The molecule has 0 unspecified atom stereocenters. The first kappa shape index (κ1) is 15.2. The molecule has 0 spiro atoms. The number of aromatic nitrogens is 2. The standard InChI is InChI=1S/C12H11ClN4O3S/c1-8(18)15-9-2-4-10(5-3-9)21(19,20)17-11-6-7-14-12(13)16-11/h2-7H,1H3,(H,15,18)(H,14,16,17). The third-order valence-electron chi connectivity index (χ3n) is 2.35. The van der Waals surface area contributed by atoms with Crippen molar-refractivity contribution in [2.75, 3.05) is 10.0 Å². The first-order chi connectivity index (χ1) is 9.87. The van der Waals surface area contributed by atoms with Gasteiger partial charge in [-0.1, -0.05) is 0 Å². The minimum atomic E-state index is -3.79. The van der Waals surface area contributed by atoms with E-state index in [0.29, 0.717) is 5.69 Å². The number of halogens is 1. The summed E-state index contributed by atoms with van der Waals surface area (Å²) < 4.78 is 26.6. The number of carbonyl (C=O) groups is 1. The van der Waals surface area contributed by atoms with Crippen molar-refractivity contribution >= 4 is 39.0 Å². The van der Waals surface area contributed by atoms with Crippen molar-refractivity contribution in [3.63, 3.8) is 0 Å². The molecular formula is C12H11ClN4O3S. The van der Waals surface area contributed by atoms with Crippen molar-refractivity contribution in [3.8, 4) is 0 Å². The molecule has 9 heteroatoms. The number of anilines is 2. The molecular weight excluding hydrogens is 316 g/mol. The van der Waals surface area contributed by atoms with Gasteiger partial charge in [-0.3, -0.25) is 9.52 Å². The average Bonchev–Trinajstić information content (AvgIpc) is 2.38. The topological polar surface area (TPSA) is 101 Å². The maximum atomic E-state index is 12.1. The summed E-state index contributed by atoms with van der Waals surface area (Å²) in [5, 5.41) is 2.49. The summed E-state index contributed by atoms with van der Waals surface area (Å²) in [6, 6.07) is 7.10. The van der Waals surface area contributed by atoms with Crippen LogP contribution in [0.1, 0.15) is 6.92 Å². The van der Waals surface area contributed by atoms with Crippen LogP contribution in [0.4, 0.5) is 11.5 Å². The van der Waals surface area contributed by atoms with Crippen LogP contribution in [0.5, 0.6) is 0 Å². The maximum Gasteiger partial charge on any atom is 0.263 e. The van der Waals surface area contributed by atoms with Crippen LogP contribution in [0.15, 0.2) is 41.4 Å². The third-order valence-corrected chi connectivity index (χ3v) is 3.90. The predicted molar refractivity (Wildman–Crippen MR) is 78.6 cm³/mol. The van der Waals surface area contributed by atoms with E-state index in [2.05, 4.69) is 20.0 Å². The van der Waals surface area contributed by atoms with E-state index in [1.165, 1.54) is 43.5 Å². The summed E-state index contributed by atoms with van der Waals surface area (Å²) in [5.41, 5.74) is 0.506. The van der Waals surface area contributed by atoms with Gasteiger partial charge in [0.25, 0.3) is 10.0 Å². The lowest BCUT2D eigenvalue weighted by Gasteiger charge is -2.08. The van der Waals surface area contributed by atoms with Crippen LogP contribution < -0.4 is 10.0 Å². The van der Waals surface area contributed by atoms with Crippen molar-refractivity contribution in [2.24, 2.45) is 0 Å². The quantitative estimate of drug-likeness (QED) is 0.835. The lowest BCUT2D eigenvalue weighted by atomic mass is 10.3. The van der Waals surface area contributed by atoms with Gasteiger partial charge in [0.05, 0.1) is 4.90 Å². The number of nitrogens with one attached hydrogen (secondary N) is 2. The Balaban J connectivity index is 2.21. The summed E-state index contributed by atoms with van der Waals surface area (Å²) in [5.74, 6) is -0.166. The molecule has 0 aliphatic rings. The van der Waals surface area contributed by atoms with E-state index in [-0.39, 0.29) is 21.9 Å². The Morgan fingerprint density at radius 2 is 1.86 bits per heavy atom. The van der Waals surface area contributed by atoms with E-state index in [1.54, 1.807) is 0 Å². The number of amides is 1. The number of carbonyl (C=O) groups excluding carboxylic acids is 1. The van der Waals surface area contributed by atoms with Gasteiger partial charge >= 0.3 is 0 Å². The van der Waals surface area contributed by atoms with Gasteiger partial charge in [-0.25, -0.2) is 13.4 Å². The second-order valence-electron chi connectivity index (χ2n) is 4.02. The normalized spacial score (nSPS) is 11.0. The van der Waals surface area contributed by atoms with E-state index in [1.807, 2.05) is 0 Å². The molecule has 2 rings (SSSR count). The molecule has 2 aromatic rings. The lowest BCUT2D eigenvalue weighted by Crippen LogP contribution is -2.14. The van der Waals surface area contributed by atoms with Gasteiger partial charge in [-0.15, -0.1) is 0 Å². The smallest absolute Gasteiger partial charge is 0.263 e. The molecule has 0 saturated carbocycles. The van der Waals surface area contributed by atoms with E-state index in [9.17, 15) is 13.2 Å². The Hall–Kier alpha value is -2.19. The van der Waals surface area contributed by atoms with Crippen LogP contribution in [-0.4, -0.2) is 24.3 Å². The SMILES string of the molecule is CC(=O)Nc1ccc(S(=O)(=O)Nc2ccnc(Cl)n2)cc1. The molecule has 110 valence electrons. The van der Waals surface area contributed by atoms with E-state index in [0.717, 1.165) is 0 Å². The predicted octanol–water partition coefficient (Wildman–Crippen LogP) is 1.89. The Morgan fingerprint density at radius 1 is 1.19 bits per heavy atom. The highest BCUT2D eigenvalue weighted by Crippen LogP contribution is 2.17. The summed E-state index contributed by atoms with van der Waals surface area (Å²) in [4.78, 5) is 18.3. The molecule has 2 N–H and O–H groups in total. The zero-order valence-corrected chi connectivity index (χ0v) is 12.4. The van der Waals surface area contributed by atoms with Crippen molar-refractivity contribution in [1.29, 1.82) is 0 Å². The fourth-order valence-electron chi connectivity index (χ4n) is 1.51. The summed E-state index contributed by atoms with van der Waals surface area (Å²) in [6.07, 6.45) is 1.34. The number of rotatable bonds is 4. The molecule has 7 nitrogen and oxygen atoms in total. The molecule has 0 aliphatic heterocycles. The highest BCUT2D eigenvalue weighted by molar-refractivity contribution is 7.92. The highest BCUT2D eigenvalue weighted by Gasteiger charge is 2.15. The number of sulfonamides is 1. The number of hydrogen-bond donors (Lipinski definition) is 2. The Morgan fingerprint density at radius 3 is 2.43 bits per heavy atom. The largest absolute Gasteiger partial charge is 0.326 e. The second-order valence-corrected chi connectivity index (χ2v) is 6.04. The molecule has 0 atom stereocenters. The van der Waals surface area contributed by atoms with Gasteiger partial charge in [0.2, 0.25) is 11.2 Å². The molecule has 0 fully saturated rings. The van der Waals surface area contributed by atoms with E-state index in [4.69, 9.17) is 11.6 Å². The van der Waals surface area contributed by atoms with Crippen molar-refractivity contribution in [2.45, 2.75) is 11.8 Å². The fourth-order valence-corrected chi connectivity index (χ4v) is 2.66. The third kappa shape index (κ3) is 4.14. The van der Waals surface area contributed by atoms with Crippen molar-refractivity contribution < 1.29 is 13.2 Å². The minimum Gasteiger partial charge on any atom is -0.326 e. The van der Waals surface area contributed by atoms with Crippen molar-refractivity contribution in [1.82, 2.24) is 9.97 Å². The number of benzene rings is 1. The summed E-state index contributed by atoms with van der Waals surface area (Å²) in [7, 11) is -3.79. The molecule has 1 heterocycles. The molecule has 1 amide bonds. The molecule has 0 bridgehead atoms. The molecule has 0 aliphatic carbocycles. The summed E-state index contributed by atoms with van der Waals surface area (Å²) >= 11 is 5.59. The van der Waals surface area contributed by atoms with Crippen LogP contribution in [0.2, 0.25) is 5.28 Å². The van der Waals surface area contributed by atoms with Crippen LogP contribution in [0, 0.1) is 0 Å². The zero-order valence-electron chi connectivity index (χ0n) is 10.9. The molecule has 21 heavy (non-hydrogen) atoms. The molecule has 1 aromatic heterocycles. The van der Waals surface area contributed by atoms with Crippen LogP contribution in [0.3, 0.4) is 0 Å². The van der Waals surface area contributed by atoms with Crippen LogP contribution in [-0.2, 0) is 14.8 Å². The first-order valence-corrected chi connectivity index (χ1v) is 7.62. The van der Waals surface area contributed by atoms with Crippen LogP contribution in [0.25, 0.3) is 0 Å². The van der Waals surface area contributed by atoms with Gasteiger partial charge in [0, 0.05) is 18.8 Å². The monoisotopic (exact) mass is 326 g/mol. The Labute approximate surface area is 126 Å². The van der Waals surface area contributed by atoms with Gasteiger partial charge in [-0.2, -0.15) is 4.98 Å². The maximum absolute atomic E-state index is 12.1. The lowest BCUT2D eigenvalue weighted by molar-refractivity contribution is -0.114. The van der Waals surface area contributed by atoms with E-state index < -0.39 is 10.0 Å². The highest BCUT2D eigenvalue weighted by atomic mass is 35.5. The second kappa shape index (κ2) is 6.06. The van der Waals surface area contributed by atoms with Gasteiger partial charge < -0.3 is 5.32 Å². The minimum absolute atomic E-state index is 0.0336.